The van der Waals surface area contributed by atoms with Crippen molar-refractivity contribution in [3.05, 3.63) is 46.8 Å². The Labute approximate surface area is 81.9 Å². The van der Waals surface area contributed by atoms with Gasteiger partial charge in [0.25, 0.3) is 0 Å². The van der Waals surface area contributed by atoms with Crippen LogP contribution in [0.3, 0.4) is 0 Å². The minimum Gasteiger partial charge on any atom is -0.387 e. The summed E-state index contributed by atoms with van der Waals surface area (Å²) in [5.74, 6) is 0.166. The van der Waals surface area contributed by atoms with Crippen molar-refractivity contribution in [3.8, 4) is 0 Å². The molecule has 0 saturated heterocycles. The predicted octanol–water partition coefficient (Wildman–Crippen LogP) is 0.396. The summed E-state index contributed by atoms with van der Waals surface area (Å²) in [5.41, 5.74) is 3.72. The summed E-state index contributed by atoms with van der Waals surface area (Å²) in [4.78, 5) is 12.0. The van der Waals surface area contributed by atoms with E-state index in [0.29, 0.717) is 6.54 Å². The van der Waals surface area contributed by atoms with E-state index in [2.05, 4.69) is 10.6 Å². The number of nitrogens with one attached hydrogen (secondary N) is 2. The van der Waals surface area contributed by atoms with Gasteiger partial charge in [0.2, 0.25) is 0 Å². The molecule has 2 N–H and O–H groups in total. The molecule has 0 aromatic carbocycles. The molecule has 0 aromatic rings. The Morgan fingerprint density at radius 1 is 1.36 bits per heavy atom. The molecule has 3 heteroatoms. The average Bonchev–Trinajstić information content (AvgIpc) is 2.66. The normalized spacial score (nSPS) is 23.3. The fourth-order valence-corrected chi connectivity index (χ4v) is 1.99. The van der Waals surface area contributed by atoms with Gasteiger partial charge in [0.05, 0.1) is 0 Å². The third-order valence-electron chi connectivity index (χ3n) is 2.72. The molecule has 0 radical (unpaired) electrons. The number of rotatable bonds is 0. The summed E-state index contributed by atoms with van der Waals surface area (Å²) >= 11 is 0. The molecular formula is C11H10N2O. The quantitative estimate of drug-likeness (QED) is 0.575. The van der Waals surface area contributed by atoms with E-state index in [9.17, 15) is 4.79 Å². The Morgan fingerprint density at radius 3 is 3.21 bits per heavy atom. The van der Waals surface area contributed by atoms with Gasteiger partial charge < -0.3 is 10.6 Å². The van der Waals surface area contributed by atoms with Crippen LogP contribution in [0.15, 0.2) is 46.8 Å². The summed E-state index contributed by atoms with van der Waals surface area (Å²) in [5, 5.41) is 6.24. The molecule has 1 aliphatic carbocycles. The van der Waals surface area contributed by atoms with Gasteiger partial charge in [-0.25, -0.2) is 0 Å². The standard InChI is InChI=1S/C11H10N2O/c14-11-8-2-4-13-10(8)5-7-1-3-12-6-9(7)11/h1-3,5,12-13H,4,6H2. The van der Waals surface area contributed by atoms with Crippen molar-refractivity contribution >= 4 is 5.78 Å². The number of carbonyl (C=O) groups excluding carboxylic acids is 1. The molecule has 2 heterocycles. The molecule has 2 aliphatic heterocycles. The van der Waals surface area contributed by atoms with Crippen LogP contribution in [-0.2, 0) is 4.79 Å². The second-order valence-electron chi connectivity index (χ2n) is 3.53. The number of allylic oxidation sites excluding steroid dienone is 4. The zero-order chi connectivity index (χ0) is 9.54. The lowest BCUT2D eigenvalue weighted by Gasteiger charge is -2.20. The molecule has 0 fully saturated rings. The lowest BCUT2D eigenvalue weighted by molar-refractivity contribution is -0.112. The van der Waals surface area contributed by atoms with Crippen LogP contribution in [0.25, 0.3) is 0 Å². The zero-order valence-corrected chi connectivity index (χ0v) is 7.63. The molecule has 0 saturated carbocycles. The first-order valence-electron chi connectivity index (χ1n) is 4.70. The second kappa shape index (κ2) is 2.61. The highest BCUT2D eigenvalue weighted by Crippen LogP contribution is 2.28. The van der Waals surface area contributed by atoms with Crippen molar-refractivity contribution in [3.63, 3.8) is 0 Å². The Kier molecular flexibility index (Phi) is 1.42. The van der Waals surface area contributed by atoms with Crippen LogP contribution in [0.5, 0.6) is 0 Å². The molecule has 14 heavy (non-hydrogen) atoms. The Bertz CT molecular complexity index is 438. The number of hydrogen-bond acceptors (Lipinski definition) is 3. The minimum absolute atomic E-state index is 0.166. The average molecular weight is 186 g/mol. The Morgan fingerprint density at radius 2 is 2.29 bits per heavy atom. The van der Waals surface area contributed by atoms with Gasteiger partial charge in [0.1, 0.15) is 0 Å². The smallest absolute Gasteiger partial charge is 0.193 e. The lowest BCUT2D eigenvalue weighted by Crippen LogP contribution is -2.26. The van der Waals surface area contributed by atoms with Crippen molar-refractivity contribution in [2.24, 2.45) is 0 Å². The highest BCUT2D eigenvalue weighted by atomic mass is 16.1. The monoisotopic (exact) mass is 186 g/mol. The summed E-state index contributed by atoms with van der Waals surface area (Å²) < 4.78 is 0. The van der Waals surface area contributed by atoms with Crippen molar-refractivity contribution in [1.29, 1.82) is 0 Å². The highest BCUT2D eigenvalue weighted by Gasteiger charge is 2.28. The molecule has 3 aliphatic rings. The first-order chi connectivity index (χ1) is 6.86. The van der Waals surface area contributed by atoms with Crippen molar-refractivity contribution < 1.29 is 4.79 Å². The molecule has 3 nitrogen and oxygen atoms in total. The van der Waals surface area contributed by atoms with E-state index in [-0.39, 0.29) is 5.78 Å². The van der Waals surface area contributed by atoms with E-state index < -0.39 is 0 Å². The van der Waals surface area contributed by atoms with Crippen molar-refractivity contribution in [1.82, 2.24) is 10.6 Å². The maximum absolute atomic E-state index is 12.0. The van der Waals surface area contributed by atoms with E-state index in [0.717, 1.165) is 29.0 Å². The number of hydrogen-bond donors (Lipinski definition) is 2. The molecule has 0 bridgehead atoms. The van der Waals surface area contributed by atoms with Crippen LogP contribution in [0.4, 0.5) is 0 Å². The summed E-state index contributed by atoms with van der Waals surface area (Å²) in [6, 6.07) is 0. The van der Waals surface area contributed by atoms with Gasteiger partial charge >= 0.3 is 0 Å². The molecule has 3 rings (SSSR count). The van der Waals surface area contributed by atoms with Crippen molar-refractivity contribution in [2.45, 2.75) is 0 Å². The predicted molar refractivity (Wildman–Crippen MR) is 53.3 cm³/mol. The van der Waals surface area contributed by atoms with Crippen LogP contribution in [0.2, 0.25) is 0 Å². The van der Waals surface area contributed by atoms with E-state index in [1.54, 1.807) is 0 Å². The van der Waals surface area contributed by atoms with E-state index >= 15 is 0 Å². The lowest BCUT2D eigenvalue weighted by atomic mass is 9.90. The number of dihydropyridines is 1. The number of ketones is 1. The topological polar surface area (TPSA) is 41.1 Å². The van der Waals surface area contributed by atoms with E-state index in [1.807, 2.05) is 24.4 Å². The minimum atomic E-state index is 0.166. The number of Topliss-reactive ketones (excluding diaryl/α,β-unsaturated/α-hetero) is 1. The van der Waals surface area contributed by atoms with Crippen LogP contribution < -0.4 is 10.6 Å². The van der Waals surface area contributed by atoms with Crippen LogP contribution >= 0.6 is 0 Å². The molecule has 0 unspecified atom stereocenters. The maximum atomic E-state index is 12.0. The third-order valence-corrected chi connectivity index (χ3v) is 2.72. The summed E-state index contributed by atoms with van der Waals surface area (Å²) in [7, 11) is 0. The SMILES string of the molecule is O=C1C2=CCNC2=CC2=C1CNC=C2. The number of fused-ring (bicyclic) bond motifs is 1. The van der Waals surface area contributed by atoms with Gasteiger partial charge in [-0.3, -0.25) is 4.79 Å². The first kappa shape index (κ1) is 7.62. The molecular weight excluding hydrogens is 176 g/mol. The molecule has 0 aromatic heterocycles. The van der Waals surface area contributed by atoms with Gasteiger partial charge in [-0.2, -0.15) is 0 Å². The molecule has 0 atom stereocenters. The summed E-state index contributed by atoms with van der Waals surface area (Å²) in [6.07, 6.45) is 7.83. The first-order valence-corrected chi connectivity index (χ1v) is 4.70. The van der Waals surface area contributed by atoms with E-state index in [4.69, 9.17) is 0 Å². The number of carbonyl (C=O) groups is 1. The largest absolute Gasteiger partial charge is 0.387 e. The van der Waals surface area contributed by atoms with Crippen LogP contribution in [0.1, 0.15) is 0 Å². The third kappa shape index (κ3) is 0.894. The highest BCUT2D eigenvalue weighted by molar-refractivity contribution is 6.14. The maximum Gasteiger partial charge on any atom is 0.193 e. The van der Waals surface area contributed by atoms with Crippen molar-refractivity contribution in [2.75, 3.05) is 13.1 Å². The van der Waals surface area contributed by atoms with Gasteiger partial charge in [-0.05, 0) is 23.9 Å². The van der Waals surface area contributed by atoms with Gasteiger partial charge in [-0.15, -0.1) is 0 Å². The Hall–Kier alpha value is -1.77. The van der Waals surface area contributed by atoms with Gasteiger partial charge in [-0.1, -0.05) is 6.08 Å². The molecule has 0 amide bonds. The molecule has 0 spiro atoms. The Balaban J connectivity index is 2.16. The van der Waals surface area contributed by atoms with Crippen LogP contribution in [-0.4, -0.2) is 18.9 Å². The summed E-state index contributed by atoms with van der Waals surface area (Å²) in [6.45, 7) is 1.41. The fraction of sp³-hybridized carbons (Fsp3) is 0.182. The van der Waals surface area contributed by atoms with Crippen LogP contribution in [0, 0.1) is 0 Å². The fourth-order valence-electron chi connectivity index (χ4n) is 1.99. The second-order valence-corrected chi connectivity index (χ2v) is 3.53. The van der Waals surface area contributed by atoms with Gasteiger partial charge in [0.15, 0.2) is 5.78 Å². The molecule has 70 valence electrons. The van der Waals surface area contributed by atoms with E-state index in [1.165, 1.54) is 0 Å². The zero-order valence-electron chi connectivity index (χ0n) is 7.63. The van der Waals surface area contributed by atoms with Gasteiger partial charge in [0, 0.05) is 29.9 Å².